The maximum absolute atomic E-state index is 13.1. The number of hydrogen-bond acceptors (Lipinski definition) is 4. The summed E-state index contributed by atoms with van der Waals surface area (Å²) in [7, 11) is 0. The monoisotopic (exact) mass is 556 g/mol. The third-order valence-corrected chi connectivity index (χ3v) is 8.32. The number of benzene rings is 2. The zero-order valence-corrected chi connectivity index (χ0v) is 24.8. The lowest BCUT2D eigenvalue weighted by Crippen LogP contribution is -2.21. The molecule has 2 aromatic rings. The molecule has 0 unspecified atom stereocenters. The van der Waals surface area contributed by atoms with Crippen molar-refractivity contribution in [3.63, 3.8) is 0 Å². The van der Waals surface area contributed by atoms with Crippen molar-refractivity contribution < 1.29 is 9.53 Å². The van der Waals surface area contributed by atoms with Gasteiger partial charge in [-0.25, -0.2) is 0 Å². The smallest absolute Gasteiger partial charge is 0.256 e. The average molecular weight is 557 g/mol. The number of nitrogens with zero attached hydrogens (tertiary/aromatic N) is 1. The molecule has 1 N–H and O–H groups in total. The molecule has 3 rings (SSSR count). The first-order chi connectivity index (χ1) is 18.6. The molecule has 0 fully saturated rings. The van der Waals surface area contributed by atoms with E-state index in [1.165, 1.54) is 76.3 Å². The van der Waals surface area contributed by atoms with Crippen molar-refractivity contribution in [2.75, 3.05) is 17.8 Å². The lowest BCUT2D eigenvalue weighted by molar-refractivity contribution is 0.102. The number of thioether (sulfide) groups is 1. The van der Waals surface area contributed by atoms with Crippen LogP contribution in [0.15, 0.2) is 53.6 Å². The van der Waals surface area contributed by atoms with Gasteiger partial charge in [-0.3, -0.25) is 4.79 Å². The molecule has 0 bridgehead atoms. The molecule has 0 atom stereocenters. The molecule has 2 aromatic carbocycles. The van der Waals surface area contributed by atoms with Crippen LogP contribution in [0, 0.1) is 0 Å². The van der Waals surface area contributed by atoms with Crippen LogP contribution in [0.1, 0.15) is 107 Å². The second-order valence-corrected chi connectivity index (χ2v) is 11.5. The van der Waals surface area contributed by atoms with E-state index in [0.717, 1.165) is 17.9 Å². The molecule has 0 saturated carbocycles. The summed E-state index contributed by atoms with van der Waals surface area (Å²) in [4.78, 5) is 15.3. The van der Waals surface area contributed by atoms with E-state index in [-0.39, 0.29) is 5.91 Å². The first kappa shape index (κ1) is 30.4. The van der Waals surface area contributed by atoms with Gasteiger partial charge in [0, 0.05) is 23.5 Å². The van der Waals surface area contributed by atoms with Crippen molar-refractivity contribution in [3.8, 4) is 5.75 Å². The lowest BCUT2D eigenvalue weighted by Gasteiger charge is -2.21. The van der Waals surface area contributed by atoms with E-state index < -0.39 is 0 Å². The minimum atomic E-state index is -0.129. The Bertz CT molecular complexity index is 1030. The van der Waals surface area contributed by atoms with Crippen LogP contribution in [0.25, 0.3) is 0 Å². The molecule has 38 heavy (non-hydrogen) atoms. The van der Waals surface area contributed by atoms with Crippen molar-refractivity contribution >= 4 is 35.0 Å². The predicted octanol–water partition coefficient (Wildman–Crippen LogP) is 10.0. The van der Waals surface area contributed by atoms with Gasteiger partial charge < -0.3 is 15.0 Å². The number of unbranched alkanes of at least 4 members (excludes halogenated alkanes) is 11. The highest BCUT2D eigenvalue weighted by Gasteiger charge is 2.17. The second kappa shape index (κ2) is 17.5. The zero-order chi connectivity index (χ0) is 27.0. The number of nitrogens with one attached hydrogen (secondary N) is 1. The quantitative estimate of drug-likeness (QED) is 0.185. The van der Waals surface area contributed by atoms with Gasteiger partial charge in [-0.2, -0.15) is 0 Å². The summed E-state index contributed by atoms with van der Waals surface area (Å²) in [5, 5.41) is 5.68. The van der Waals surface area contributed by atoms with E-state index in [1.807, 2.05) is 36.4 Å². The van der Waals surface area contributed by atoms with E-state index in [4.69, 9.17) is 16.3 Å². The van der Waals surface area contributed by atoms with Gasteiger partial charge in [-0.1, -0.05) is 107 Å². The van der Waals surface area contributed by atoms with E-state index in [1.54, 1.807) is 17.8 Å². The summed E-state index contributed by atoms with van der Waals surface area (Å²) in [6.45, 7) is 5.75. The number of amides is 1. The van der Waals surface area contributed by atoms with Gasteiger partial charge in [0.1, 0.15) is 5.75 Å². The van der Waals surface area contributed by atoms with Crippen LogP contribution in [-0.4, -0.2) is 23.3 Å². The van der Waals surface area contributed by atoms with Gasteiger partial charge in [-0.15, -0.1) is 11.8 Å². The number of hydrogen-bond donors (Lipinski definition) is 1. The lowest BCUT2D eigenvalue weighted by atomic mass is 10.1. The summed E-state index contributed by atoms with van der Waals surface area (Å²) < 4.78 is 5.92. The van der Waals surface area contributed by atoms with Crippen molar-refractivity contribution in [2.45, 2.75) is 97.4 Å². The van der Waals surface area contributed by atoms with Gasteiger partial charge in [0.2, 0.25) is 0 Å². The van der Waals surface area contributed by atoms with Crippen LogP contribution < -0.4 is 10.1 Å². The third-order valence-electron chi connectivity index (χ3n) is 7.05. The van der Waals surface area contributed by atoms with Crippen molar-refractivity contribution in [3.05, 3.63) is 69.7 Å². The van der Waals surface area contributed by atoms with Crippen LogP contribution in [0.2, 0.25) is 5.02 Å². The molecule has 0 saturated heterocycles. The van der Waals surface area contributed by atoms with Gasteiger partial charge >= 0.3 is 0 Å². The topological polar surface area (TPSA) is 41.6 Å². The molecular formula is C32H45ClN2O2S. The van der Waals surface area contributed by atoms with Crippen molar-refractivity contribution in [1.29, 1.82) is 0 Å². The maximum Gasteiger partial charge on any atom is 0.256 e. The van der Waals surface area contributed by atoms with Crippen LogP contribution >= 0.6 is 23.4 Å². The van der Waals surface area contributed by atoms with Crippen molar-refractivity contribution in [2.24, 2.45) is 0 Å². The molecule has 0 radical (unpaired) electrons. The Balaban J connectivity index is 1.34. The minimum Gasteiger partial charge on any atom is -0.492 e. The average Bonchev–Trinajstić information content (AvgIpc) is 3.32. The summed E-state index contributed by atoms with van der Waals surface area (Å²) in [5.74, 6) is 1.45. The number of carbonyl (C=O) groups excluding carboxylic acids is 1. The molecule has 1 aliphatic heterocycles. The standard InChI is InChI=1S/C32H45ClN2O2S/c1-3-4-5-6-7-8-9-10-11-12-13-16-21-37-31-20-19-28(22-30(31)33)34-32(36)29-18-15-14-17-27(29)23-35-25-38-24-26(35)2/h14-15,17-20,22,24H,3-13,16,21,23,25H2,1-2H3,(H,34,36). The predicted molar refractivity (Wildman–Crippen MR) is 164 cm³/mol. The third kappa shape index (κ3) is 10.6. The number of ether oxygens (including phenoxy) is 1. The Morgan fingerprint density at radius 1 is 0.947 bits per heavy atom. The normalized spacial score (nSPS) is 13.0. The molecule has 1 amide bonds. The van der Waals surface area contributed by atoms with Crippen molar-refractivity contribution in [1.82, 2.24) is 4.90 Å². The first-order valence-corrected chi connectivity index (χ1v) is 15.9. The van der Waals surface area contributed by atoms with Gasteiger partial charge in [0.15, 0.2) is 0 Å². The Labute approximate surface area is 239 Å². The SMILES string of the molecule is CCCCCCCCCCCCCCOc1ccc(NC(=O)c2ccccc2CN2CSC=C2C)cc1Cl. The highest BCUT2D eigenvalue weighted by atomic mass is 35.5. The number of carbonyl (C=O) groups is 1. The fourth-order valence-corrected chi connectivity index (χ4v) is 5.87. The number of anilines is 1. The van der Waals surface area contributed by atoms with E-state index >= 15 is 0 Å². The van der Waals surface area contributed by atoms with Crippen LogP contribution in [0.3, 0.4) is 0 Å². The van der Waals surface area contributed by atoms with Gasteiger partial charge in [0.25, 0.3) is 5.91 Å². The maximum atomic E-state index is 13.1. The molecular weight excluding hydrogens is 512 g/mol. The Hall–Kier alpha value is -2.11. The fourth-order valence-electron chi connectivity index (χ4n) is 4.70. The molecule has 0 spiro atoms. The highest BCUT2D eigenvalue weighted by Crippen LogP contribution is 2.29. The largest absolute Gasteiger partial charge is 0.492 e. The molecule has 1 heterocycles. The summed E-state index contributed by atoms with van der Waals surface area (Å²) in [5.41, 5.74) is 3.59. The summed E-state index contributed by atoms with van der Waals surface area (Å²) in [6.07, 6.45) is 15.9. The van der Waals surface area contributed by atoms with E-state index in [2.05, 4.69) is 29.5 Å². The zero-order valence-electron chi connectivity index (χ0n) is 23.3. The highest BCUT2D eigenvalue weighted by molar-refractivity contribution is 8.02. The molecule has 0 aromatic heterocycles. The number of halogens is 1. The first-order valence-electron chi connectivity index (χ1n) is 14.4. The Morgan fingerprint density at radius 2 is 1.61 bits per heavy atom. The Morgan fingerprint density at radius 3 is 2.24 bits per heavy atom. The number of allylic oxidation sites excluding steroid dienone is 1. The summed E-state index contributed by atoms with van der Waals surface area (Å²) in [6, 6.07) is 13.2. The fraction of sp³-hybridized carbons (Fsp3) is 0.531. The van der Waals surface area contributed by atoms with Crippen LogP contribution in [0.4, 0.5) is 5.69 Å². The molecule has 1 aliphatic rings. The number of rotatable bonds is 18. The second-order valence-electron chi connectivity index (χ2n) is 10.2. The Kier molecular flexibility index (Phi) is 14.0. The van der Waals surface area contributed by atoms with Gasteiger partial charge in [-0.05, 0) is 48.6 Å². The van der Waals surface area contributed by atoms with E-state index in [9.17, 15) is 4.79 Å². The molecule has 6 heteroatoms. The van der Waals surface area contributed by atoms with Crippen LogP contribution in [0.5, 0.6) is 5.75 Å². The van der Waals surface area contributed by atoms with E-state index in [0.29, 0.717) is 35.2 Å². The minimum absolute atomic E-state index is 0.129. The summed E-state index contributed by atoms with van der Waals surface area (Å²) >= 11 is 8.26. The van der Waals surface area contributed by atoms with Gasteiger partial charge in [0.05, 0.1) is 17.5 Å². The molecule has 4 nitrogen and oxygen atoms in total. The molecule has 208 valence electrons. The molecule has 0 aliphatic carbocycles. The van der Waals surface area contributed by atoms with Crippen LogP contribution in [-0.2, 0) is 6.54 Å².